The summed E-state index contributed by atoms with van der Waals surface area (Å²) in [5, 5.41) is 15.7. The molecule has 0 aromatic rings. The molecule has 0 rings (SSSR count). The zero-order valence-electron chi connectivity index (χ0n) is 7.87. The van der Waals surface area contributed by atoms with E-state index in [1.54, 1.807) is 13.8 Å². The van der Waals surface area contributed by atoms with Gasteiger partial charge in [0.15, 0.2) is 6.07 Å². The van der Waals surface area contributed by atoms with Crippen molar-refractivity contribution in [2.75, 3.05) is 0 Å². The van der Waals surface area contributed by atoms with Gasteiger partial charge in [0, 0.05) is 0 Å². The highest BCUT2D eigenvalue weighted by molar-refractivity contribution is 4.99. The number of rotatable bonds is 1. The average Bonchev–Trinajstić information content (AvgIpc) is 1.98. The first kappa shape index (κ1) is 10.6. The van der Waals surface area contributed by atoms with Gasteiger partial charge in [0.05, 0.1) is 11.0 Å². The van der Waals surface area contributed by atoms with E-state index in [1.165, 1.54) is 0 Å². The summed E-state index contributed by atoms with van der Waals surface area (Å²) in [5.74, 6) is 0.231. The predicted molar refractivity (Wildman–Crippen MR) is 46.6 cm³/mol. The van der Waals surface area contributed by atoms with Crippen LogP contribution in [0, 0.1) is 23.3 Å². The third kappa shape index (κ3) is 5.37. The van der Waals surface area contributed by atoms with Crippen molar-refractivity contribution < 1.29 is 0 Å². The van der Waals surface area contributed by atoms with Crippen LogP contribution in [0.3, 0.4) is 0 Å². The molecule has 64 valence electrons. The lowest BCUT2D eigenvalue weighted by Crippen LogP contribution is -2.10. The van der Waals surface area contributed by atoms with Crippen molar-refractivity contribution >= 4 is 0 Å². The SMILES string of the molecule is CC(C)C#[N+]N=NC(C)(C)C#N. The molecule has 0 saturated carbocycles. The highest BCUT2D eigenvalue weighted by Gasteiger charge is 2.22. The molecule has 0 unspecified atom stereocenters. The van der Waals surface area contributed by atoms with Crippen LogP contribution in [0.2, 0.25) is 0 Å². The van der Waals surface area contributed by atoms with Crippen LogP contribution in [0.1, 0.15) is 27.7 Å². The highest BCUT2D eigenvalue weighted by Crippen LogP contribution is 2.06. The predicted octanol–water partition coefficient (Wildman–Crippen LogP) is 2.64. The van der Waals surface area contributed by atoms with E-state index in [4.69, 9.17) is 5.26 Å². The Balaban J connectivity index is 4.14. The van der Waals surface area contributed by atoms with E-state index in [0.717, 1.165) is 0 Å². The largest absolute Gasteiger partial charge is 0.256 e. The van der Waals surface area contributed by atoms with E-state index in [1.807, 2.05) is 19.9 Å². The highest BCUT2D eigenvalue weighted by atomic mass is 15.4. The van der Waals surface area contributed by atoms with Crippen molar-refractivity contribution in [2.45, 2.75) is 33.2 Å². The van der Waals surface area contributed by atoms with E-state index in [2.05, 4.69) is 21.4 Å². The Morgan fingerprint density at radius 2 is 2.00 bits per heavy atom. The topological polar surface area (TPSA) is 52.9 Å². The van der Waals surface area contributed by atoms with Gasteiger partial charge in [0.2, 0.25) is 5.22 Å². The normalized spacial score (nSPS) is 11.0. The number of hydrogen-bond donors (Lipinski definition) is 0. The summed E-state index contributed by atoms with van der Waals surface area (Å²) >= 11 is 0. The molecule has 0 aliphatic heterocycles. The standard InChI is InChI=1S/C8H13N4/c1-7(2)5-10-12-11-8(3,4)6-9/h7H,1-4H3/q+1. The van der Waals surface area contributed by atoms with Gasteiger partial charge < -0.3 is 0 Å². The molecule has 0 bridgehead atoms. The molecule has 0 saturated heterocycles. The summed E-state index contributed by atoms with van der Waals surface area (Å²) in [5.41, 5.74) is -0.790. The van der Waals surface area contributed by atoms with E-state index >= 15 is 0 Å². The minimum atomic E-state index is -0.790. The van der Waals surface area contributed by atoms with E-state index in [9.17, 15) is 0 Å². The smallest absolute Gasteiger partial charge is 0.193 e. The van der Waals surface area contributed by atoms with Gasteiger partial charge in [-0.05, 0) is 32.6 Å². The Kier molecular flexibility index (Phi) is 3.93. The first-order valence-electron chi connectivity index (χ1n) is 3.76. The summed E-state index contributed by atoms with van der Waals surface area (Å²) in [7, 11) is 0. The van der Waals surface area contributed by atoms with Crippen molar-refractivity contribution in [1.29, 1.82) is 5.26 Å². The Morgan fingerprint density at radius 3 is 2.42 bits per heavy atom. The molecule has 0 radical (unpaired) electrons. The van der Waals surface area contributed by atoms with Crippen molar-refractivity contribution in [3.8, 4) is 12.1 Å². The zero-order chi connectivity index (χ0) is 9.61. The average molecular weight is 165 g/mol. The third-order valence-electron chi connectivity index (χ3n) is 0.929. The number of nitrogens with zero attached hydrogens (tertiary/aromatic N) is 4. The monoisotopic (exact) mass is 165 g/mol. The molecule has 0 heterocycles. The minimum absolute atomic E-state index is 0.231. The molecule has 0 spiro atoms. The Bertz CT molecular complexity index is 259. The third-order valence-corrected chi connectivity index (χ3v) is 0.929. The minimum Gasteiger partial charge on any atom is -0.193 e. The van der Waals surface area contributed by atoms with Crippen LogP contribution in [-0.4, -0.2) is 5.54 Å². The van der Waals surface area contributed by atoms with E-state index in [0.29, 0.717) is 0 Å². The van der Waals surface area contributed by atoms with E-state index in [-0.39, 0.29) is 5.92 Å². The van der Waals surface area contributed by atoms with Crippen LogP contribution < -0.4 is 0 Å². The lowest BCUT2D eigenvalue weighted by Gasteiger charge is -1.92. The summed E-state index contributed by atoms with van der Waals surface area (Å²) < 4.78 is 0. The van der Waals surface area contributed by atoms with Crippen LogP contribution in [-0.2, 0) is 0 Å². The van der Waals surface area contributed by atoms with Gasteiger partial charge in [0.1, 0.15) is 6.07 Å². The van der Waals surface area contributed by atoms with Gasteiger partial charge in [-0.3, -0.25) is 0 Å². The van der Waals surface area contributed by atoms with Crippen LogP contribution >= 0.6 is 0 Å². The van der Waals surface area contributed by atoms with Crippen molar-refractivity contribution in [3.05, 3.63) is 4.95 Å². The van der Waals surface area contributed by atoms with E-state index < -0.39 is 5.54 Å². The van der Waals surface area contributed by atoms with Crippen molar-refractivity contribution in [1.82, 2.24) is 0 Å². The Hall–Kier alpha value is -1.42. The number of nitriles is 1. The molecule has 0 aliphatic carbocycles. The van der Waals surface area contributed by atoms with Crippen LogP contribution in [0.15, 0.2) is 10.3 Å². The lowest BCUT2D eigenvalue weighted by atomic mass is 10.1. The van der Waals surface area contributed by atoms with Gasteiger partial charge in [-0.25, -0.2) is 0 Å². The molecule has 4 nitrogen and oxygen atoms in total. The Labute approximate surface area is 72.7 Å². The second-order valence-electron chi connectivity index (χ2n) is 3.24. The van der Waals surface area contributed by atoms with Gasteiger partial charge in [-0.2, -0.15) is 5.26 Å². The van der Waals surface area contributed by atoms with Gasteiger partial charge >= 0.3 is 0 Å². The molecule has 0 aromatic heterocycles. The maximum absolute atomic E-state index is 8.54. The summed E-state index contributed by atoms with van der Waals surface area (Å²) in [6.45, 7) is 7.21. The van der Waals surface area contributed by atoms with Gasteiger partial charge in [-0.15, -0.1) is 0 Å². The molecule has 0 aliphatic rings. The molecular weight excluding hydrogens is 152 g/mol. The second-order valence-corrected chi connectivity index (χ2v) is 3.24. The first-order chi connectivity index (χ1) is 5.48. The maximum atomic E-state index is 8.54. The fourth-order valence-corrected chi connectivity index (χ4v) is 0.298. The van der Waals surface area contributed by atoms with Gasteiger partial charge in [0.25, 0.3) is 5.54 Å². The van der Waals surface area contributed by atoms with Crippen LogP contribution in [0.5, 0.6) is 0 Å². The molecule has 0 fully saturated rings. The summed E-state index contributed by atoms with van der Waals surface area (Å²) in [4.78, 5) is 3.56. The zero-order valence-corrected chi connectivity index (χ0v) is 7.87. The maximum Gasteiger partial charge on any atom is 0.256 e. The second kappa shape index (κ2) is 4.46. The molecule has 0 atom stereocenters. The molecule has 0 aromatic carbocycles. The quantitative estimate of drug-likeness (QED) is 0.435. The molecule has 12 heavy (non-hydrogen) atoms. The molecule has 4 heteroatoms. The molecule has 0 amide bonds. The Morgan fingerprint density at radius 1 is 1.42 bits per heavy atom. The fraction of sp³-hybridized carbons (Fsp3) is 0.750. The van der Waals surface area contributed by atoms with Crippen molar-refractivity contribution in [3.63, 3.8) is 0 Å². The molecular formula is C8H13N4+. The summed E-state index contributed by atoms with van der Waals surface area (Å²) in [6.07, 6.45) is 0. The number of hydrogen-bond acceptors (Lipinski definition) is 3. The fourth-order valence-electron chi connectivity index (χ4n) is 0.298. The van der Waals surface area contributed by atoms with Crippen LogP contribution in [0.25, 0.3) is 4.95 Å². The van der Waals surface area contributed by atoms with Gasteiger partial charge in [-0.1, -0.05) is 0 Å². The lowest BCUT2D eigenvalue weighted by molar-refractivity contribution is 0.632. The summed E-state index contributed by atoms with van der Waals surface area (Å²) in [6, 6.07) is 4.68. The first-order valence-corrected chi connectivity index (χ1v) is 3.76. The molecule has 0 N–H and O–H groups in total. The van der Waals surface area contributed by atoms with Crippen LogP contribution in [0.4, 0.5) is 0 Å². The van der Waals surface area contributed by atoms with Crippen molar-refractivity contribution in [2.24, 2.45) is 16.3 Å².